The number of hydrogen-bond acceptors (Lipinski definition) is 3. The molecule has 19 heavy (non-hydrogen) atoms. The van der Waals surface area contributed by atoms with Gasteiger partial charge in [0.25, 0.3) is 10.2 Å². The summed E-state index contributed by atoms with van der Waals surface area (Å²) in [6, 6.07) is 7.74. The van der Waals surface area contributed by atoms with Crippen molar-refractivity contribution in [3.8, 4) is 0 Å². The highest BCUT2D eigenvalue weighted by Crippen LogP contribution is 2.02. The van der Waals surface area contributed by atoms with E-state index in [4.69, 9.17) is 0 Å². The number of nitrogens with zero attached hydrogens (tertiary/aromatic N) is 1. The Hall–Kier alpha value is -1.44. The van der Waals surface area contributed by atoms with E-state index in [0.717, 1.165) is 15.4 Å². The van der Waals surface area contributed by atoms with Gasteiger partial charge in [0.1, 0.15) is 0 Å². The van der Waals surface area contributed by atoms with E-state index in [-0.39, 0.29) is 12.5 Å². The number of carbonyl (C=O) groups excluding carboxylic acids is 1. The largest absolute Gasteiger partial charge is 0.351 e. The van der Waals surface area contributed by atoms with Crippen molar-refractivity contribution in [1.29, 1.82) is 0 Å². The molecule has 0 atom stereocenters. The second kappa shape index (κ2) is 6.65. The molecule has 0 bridgehead atoms. The van der Waals surface area contributed by atoms with Crippen LogP contribution in [0.4, 0.5) is 0 Å². The van der Waals surface area contributed by atoms with Crippen LogP contribution in [0.3, 0.4) is 0 Å². The lowest BCUT2D eigenvalue weighted by Gasteiger charge is -2.12. The summed E-state index contributed by atoms with van der Waals surface area (Å²) in [5.41, 5.74) is 2.09. The summed E-state index contributed by atoms with van der Waals surface area (Å²) >= 11 is 0. The van der Waals surface area contributed by atoms with E-state index in [1.54, 1.807) is 0 Å². The van der Waals surface area contributed by atoms with Crippen LogP contribution in [0.15, 0.2) is 24.3 Å². The maximum absolute atomic E-state index is 11.5. The zero-order valence-electron chi connectivity index (χ0n) is 11.3. The van der Waals surface area contributed by atoms with Crippen LogP contribution in [0.1, 0.15) is 11.1 Å². The van der Waals surface area contributed by atoms with Crippen LogP contribution in [0.2, 0.25) is 0 Å². The van der Waals surface area contributed by atoms with Crippen LogP contribution in [-0.4, -0.2) is 39.3 Å². The fraction of sp³-hybridized carbons (Fsp3) is 0.417. The molecule has 0 unspecified atom stereocenters. The topological polar surface area (TPSA) is 78.5 Å². The highest BCUT2D eigenvalue weighted by atomic mass is 32.2. The van der Waals surface area contributed by atoms with Gasteiger partial charge in [-0.3, -0.25) is 4.79 Å². The van der Waals surface area contributed by atoms with Gasteiger partial charge in [0.2, 0.25) is 5.91 Å². The third kappa shape index (κ3) is 5.37. The molecule has 0 aliphatic carbocycles. The van der Waals surface area contributed by atoms with Crippen molar-refractivity contribution >= 4 is 16.1 Å². The number of amides is 1. The maximum atomic E-state index is 11.5. The third-order valence-electron chi connectivity index (χ3n) is 2.47. The average molecular weight is 285 g/mol. The predicted molar refractivity (Wildman–Crippen MR) is 73.6 cm³/mol. The summed E-state index contributed by atoms with van der Waals surface area (Å²) < 4.78 is 26.0. The Kier molecular flexibility index (Phi) is 5.46. The number of rotatable bonds is 6. The van der Waals surface area contributed by atoms with Crippen LogP contribution >= 0.6 is 0 Å². The number of hydrogen-bond donors (Lipinski definition) is 2. The van der Waals surface area contributed by atoms with Crippen molar-refractivity contribution in [2.75, 3.05) is 20.6 Å². The molecule has 0 radical (unpaired) electrons. The highest BCUT2D eigenvalue weighted by Gasteiger charge is 2.14. The third-order valence-corrected chi connectivity index (χ3v) is 3.94. The van der Waals surface area contributed by atoms with Gasteiger partial charge in [0.15, 0.2) is 0 Å². The van der Waals surface area contributed by atoms with Crippen molar-refractivity contribution < 1.29 is 13.2 Å². The molecule has 0 saturated heterocycles. The average Bonchev–Trinajstić information content (AvgIpc) is 2.34. The molecular formula is C12H19N3O3S. The normalized spacial score (nSPS) is 11.6. The summed E-state index contributed by atoms with van der Waals surface area (Å²) in [4.78, 5) is 11.5. The van der Waals surface area contributed by atoms with Gasteiger partial charge >= 0.3 is 0 Å². The summed E-state index contributed by atoms with van der Waals surface area (Å²) in [6.45, 7) is 2.08. The molecule has 1 rings (SSSR count). The molecule has 0 saturated carbocycles. The SMILES string of the molecule is Cc1cccc(CNC(=O)CNS(=O)(=O)N(C)C)c1. The van der Waals surface area contributed by atoms with Crippen molar-refractivity contribution in [3.05, 3.63) is 35.4 Å². The maximum Gasteiger partial charge on any atom is 0.279 e. The number of benzene rings is 1. The minimum absolute atomic E-state index is 0.271. The monoisotopic (exact) mass is 285 g/mol. The molecule has 6 nitrogen and oxygen atoms in total. The first kappa shape index (κ1) is 15.6. The number of aryl methyl sites for hydroxylation is 1. The Bertz CT molecular complexity index is 541. The lowest BCUT2D eigenvalue weighted by atomic mass is 10.1. The zero-order valence-corrected chi connectivity index (χ0v) is 12.1. The van der Waals surface area contributed by atoms with Gasteiger partial charge in [-0.25, -0.2) is 0 Å². The Morgan fingerprint density at radius 2 is 2.00 bits per heavy atom. The van der Waals surface area contributed by atoms with Gasteiger partial charge < -0.3 is 5.32 Å². The summed E-state index contributed by atoms with van der Waals surface area (Å²) in [7, 11) is -0.769. The van der Waals surface area contributed by atoms with Crippen LogP contribution < -0.4 is 10.0 Å². The Morgan fingerprint density at radius 3 is 2.58 bits per heavy atom. The van der Waals surface area contributed by atoms with E-state index >= 15 is 0 Å². The van der Waals surface area contributed by atoms with E-state index in [9.17, 15) is 13.2 Å². The van der Waals surface area contributed by atoms with Crippen LogP contribution in [0.5, 0.6) is 0 Å². The molecule has 0 fully saturated rings. The Balaban J connectivity index is 2.41. The number of carbonyl (C=O) groups is 1. The standard InChI is InChI=1S/C12H19N3O3S/c1-10-5-4-6-11(7-10)8-13-12(16)9-14-19(17,18)15(2)3/h4-7,14H,8-9H2,1-3H3,(H,13,16). The van der Waals surface area contributed by atoms with E-state index in [0.29, 0.717) is 6.54 Å². The second-order valence-corrected chi connectivity index (χ2v) is 6.34. The van der Waals surface area contributed by atoms with Gasteiger partial charge in [-0.1, -0.05) is 29.8 Å². The quantitative estimate of drug-likeness (QED) is 0.772. The lowest BCUT2D eigenvalue weighted by molar-refractivity contribution is -0.120. The predicted octanol–water partition coefficient (Wildman–Crippen LogP) is 0.00722. The fourth-order valence-electron chi connectivity index (χ4n) is 1.37. The molecule has 0 aliphatic heterocycles. The Labute approximate surface area is 114 Å². The second-order valence-electron chi connectivity index (χ2n) is 4.37. The first-order valence-electron chi connectivity index (χ1n) is 5.80. The number of nitrogens with one attached hydrogen (secondary N) is 2. The Morgan fingerprint density at radius 1 is 1.32 bits per heavy atom. The van der Waals surface area contributed by atoms with Crippen LogP contribution in [0.25, 0.3) is 0 Å². The molecule has 1 amide bonds. The first-order valence-corrected chi connectivity index (χ1v) is 7.24. The first-order chi connectivity index (χ1) is 8.81. The molecule has 1 aromatic carbocycles. The summed E-state index contributed by atoms with van der Waals surface area (Å²) in [5, 5.41) is 2.65. The minimum Gasteiger partial charge on any atom is -0.351 e. The van der Waals surface area contributed by atoms with E-state index in [1.165, 1.54) is 14.1 Å². The lowest BCUT2D eigenvalue weighted by Crippen LogP contribution is -2.41. The highest BCUT2D eigenvalue weighted by molar-refractivity contribution is 7.87. The van der Waals surface area contributed by atoms with Gasteiger partial charge in [0.05, 0.1) is 6.54 Å². The molecule has 2 N–H and O–H groups in total. The van der Waals surface area contributed by atoms with Gasteiger partial charge in [-0.15, -0.1) is 0 Å². The summed E-state index contributed by atoms with van der Waals surface area (Å²) in [5.74, 6) is -0.369. The molecule has 0 aromatic heterocycles. The smallest absolute Gasteiger partial charge is 0.279 e. The zero-order chi connectivity index (χ0) is 14.5. The van der Waals surface area contributed by atoms with Crippen LogP contribution in [-0.2, 0) is 21.5 Å². The van der Waals surface area contributed by atoms with E-state index in [1.807, 2.05) is 31.2 Å². The van der Waals surface area contributed by atoms with E-state index in [2.05, 4.69) is 10.0 Å². The van der Waals surface area contributed by atoms with Crippen molar-refractivity contribution in [2.24, 2.45) is 0 Å². The van der Waals surface area contributed by atoms with Gasteiger partial charge in [0, 0.05) is 20.6 Å². The molecule has 106 valence electrons. The molecule has 0 spiro atoms. The van der Waals surface area contributed by atoms with Crippen molar-refractivity contribution in [3.63, 3.8) is 0 Å². The van der Waals surface area contributed by atoms with Gasteiger partial charge in [-0.2, -0.15) is 17.4 Å². The van der Waals surface area contributed by atoms with Crippen molar-refractivity contribution in [2.45, 2.75) is 13.5 Å². The summed E-state index contributed by atoms with van der Waals surface area (Å²) in [6.07, 6.45) is 0. The minimum atomic E-state index is -3.56. The molecule has 0 heterocycles. The fourth-order valence-corrected chi connectivity index (χ4v) is 1.94. The van der Waals surface area contributed by atoms with Crippen molar-refractivity contribution in [1.82, 2.24) is 14.3 Å². The van der Waals surface area contributed by atoms with Crippen LogP contribution in [0, 0.1) is 6.92 Å². The molecular weight excluding hydrogens is 266 g/mol. The van der Waals surface area contributed by atoms with E-state index < -0.39 is 10.2 Å². The molecule has 7 heteroatoms. The molecule has 1 aromatic rings. The van der Waals surface area contributed by atoms with Gasteiger partial charge in [-0.05, 0) is 12.5 Å². The molecule has 0 aliphatic rings.